The lowest BCUT2D eigenvalue weighted by Gasteiger charge is -2.11. The molecule has 0 unspecified atom stereocenters. The summed E-state index contributed by atoms with van der Waals surface area (Å²) < 4.78 is 26.8. The van der Waals surface area contributed by atoms with Crippen LogP contribution in [0.1, 0.15) is 0 Å². The molecule has 0 atom stereocenters. The minimum atomic E-state index is -3.85. The van der Waals surface area contributed by atoms with E-state index in [4.69, 9.17) is 5.84 Å². The van der Waals surface area contributed by atoms with Gasteiger partial charge in [0.25, 0.3) is 15.7 Å². The van der Waals surface area contributed by atoms with Crippen LogP contribution in [0.3, 0.4) is 0 Å². The number of rotatable bonds is 5. The zero-order valence-corrected chi connectivity index (χ0v) is 11.5. The summed E-state index contributed by atoms with van der Waals surface area (Å²) in [6.45, 7) is 0. The number of nitrogens with zero attached hydrogens (tertiary/aromatic N) is 1. The van der Waals surface area contributed by atoms with Gasteiger partial charge in [0.15, 0.2) is 0 Å². The Morgan fingerprint density at radius 3 is 2.24 bits per heavy atom. The Morgan fingerprint density at radius 1 is 1.05 bits per heavy atom. The molecule has 2 aromatic carbocycles. The van der Waals surface area contributed by atoms with Crippen LogP contribution < -0.4 is 16.0 Å². The lowest BCUT2D eigenvalue weighted by Crippen LogP contribution is -2.17. The zero-order chi connectivity index (χ0) is 15.5. The summed E-state index contributed by atoms with van der Waals surface area (Å²) >= 11 is 0. The molecule has 0 fully saturated rings. The van der Waals surface area contributed by atoms with Crippen LogP contribution in [0.15, 0.2) is 53.4 Å². The minimum Gasteiger partial charge on any atom is -0.323 e. The Kier molecular flexibility index (Phi) is 4.05. The maximum absolute atomic E-state index is 12.3. The van der Waals surface area contributed by atoms with Crippen molar-refractivity contribution in [3.05, 3.63) is 58.6 Å². The predicted octanol–water partition coefficient (Wildman–Crippen LogP) is 1.68. The molecule has 0 saturated carbocycles. The van der Waals surface area contributed by atoms with Gasteiger partial charge in [-0.05, 0) is 24.3 Å². The Hall–Kier alpha value is -2.65. The van der Waals surface area contributed by atoms with E-state index in [1.165, 1.54) is 36.4 Å². The summed E-state index contributed by atoms with van der Waals surface area (Å²) in [5, 5.41) is 10.5. The van der Waals surface area contributed by atoms with E-state index in [9.17, 15) is 18.5 Å². The lowest BCUT2D eigenvalue weighted by molar-refractivity contribution is -0.384. The third-order valence-corrected chi connectivity index (χ3v) is 4.10. The molecule has 2 rings (SSSR count). The maximum Gasteiger partial charge on any atom is 0.269 e. The highest BCUT2D eigenvalue weighted by molar-refractivity contribution is 7.92. The standard InChI is InChI=1S/C12H12N4O4S/c13-14-11-3-1-2-4-12(11)21(19,20)15-9-5-7-10(8-6-9)16(17)18/h1-8,14-15H,13H2. The van der Waals surface area contributed by atoms with Crippen molar-refractivity contribution in [2.75, 3.05) is 10.1 Å². The molecule has 0 aliphatic heterocycles. The first-order valence-electron chi connectivity index (χ1n) is 5.77. The van der Waals surface area contributed by atoms with Gasteiger partial charge in [0.1, 0.15) is 4.90 Å². The molecule has 0 spiro atoms. The van der Waals surface area contributed by atoms with Crippen molar-refractivity contribution in [2.45, 2.75) is 4.90 Å². The fraction of sp³-hybridized carbons (Fsp3) is 0. The Bertz CT molecular complexity index is 759. The van der Waals surface area contributed by atoms with Crippen molar-refractivity contribution in [3.8, 4) is 0 Å². The van der Waals surface area contributed by atoms with Crippen molar-refractivity contribution >= 4 is 27.1 Å². The van der Waals surface area contributed by atoms with Crippen molar-refractivity contribution in [3.63, 3.8) is 0 Å². The van der Waals surface area contributed by atoms with E-state index in [1.54, 1.807) is 12.1 Å². The van der Waals surface area contributed by atoms with Gasteiger partial charge < -0.3 is 5.43 Å². The Balaban J connectivity index is 2.31. The van der Waals surface area contributed by atoms with Gasteiger partial charge in [-0.1, -0.05) is 12.1 Å². The normalized spacial score (nSPS) is 10.9. The van der Waals surface area contributed by atoms with Gasteiger partial charge in [-0.2, -0.15) is 0 Å². The monoisotopic (exact) mass is 308 g/mol. The van der Waals surface area contributed by atoms with Crippen LogP contribution in [-0.4, -0.2) is 13.3 Å². The van der Waals surface area contributed by atoms with Crippen LogP contribution >= 0.6 is 0 Å². The number of hydrogen-bond donors (Lipinski definition) is 3. The second-order valence-electron chi connectivity index (χ2n) is 4.05. The summed E-state index contributed by atoms with van der Waals surface area (Å²) in [7, 11) is -3.85. The van der Waals surface area contributed by atoms with Crippen LogP contribution in [0.25, 0.3) is 0 Å². The molecule has 0 radical (unpaired) electrons. The van der Waals surface area contributed by atoms with E-state index >= 15 is 0 Å². The van der Waals surface area contributed by atoms with Crippen LogP contribution in [0.5, 0.6) is 0 Å². The molecule has 2 aromatic rings. The first kappa shape index (κ1) is 14.8. The molecular weight excluding hydrogens is 296 g/mol. The number of hydrazine groups is 1. The van der Waals surface area contributed by atoms with E-state index < -0.39 is 14.9 Å². The van der Waals surface area contributed by atoms with Gasteiger partial charge in [0.2, 0.25) is 0 Å². The Labute approximate surface area is 120 Å². The highest BCUT2D eigenvalue weighted by Gasteiger charge is 2.18. The molecule has 0 aliphatic carbocycles. The van der Waals surface area contributed by atoms with E-state index in [0.29, 0.717) is 0 Å². The first-order chi connectivity index (χ1) is 9.94. The quantitative estimate of drug-likeness (QED) is 0.438. The summed E-state index contributed by atoms with van der Waals surface area (Å²) in [6, 6.07) is 11.2. The van der Waals surface area contributed by atoms with Gasteiger partial charge >= 0.3 is 0 Å². The number of nitro benzene ring substituents is 1. The van der Waals surface area contributed by atoms with Crippen molar-refractivity contribution in [1.29, 1.82) is 0 Å². The molecule has 21 heavy (non-hydrogen) atoms. The number of nitro groups is 1. The van der Waals surface area contributed by atoms with E-state index in [1.807, 2.05) is 0 Å². The van der Waals surface area contributed by atoms with E-state index in [0.717, 1.165) is 0 Å². The van der Waals surface area contributed by atoms with Crippen LogP contribution in [-0.2, 0) is 10.0 Å². The lowest BCUT2D eigenvalue weighted by atomic mass is 10.3. The number of benzene rings is 2. The first-order valence-corrected chi connectivity index (χ1v) is 7.25. The highest BCUT2D eigenvalue weighted by Crippen LogP contribution is 2.23. The molecule has 0 heterocycles. The molecule has 8 nitrogen and oxygen atoms in total. The van der Waals surface area contributed by atoms with Gasteiger partial charge in [-0.3, -0.25) is 20.7 Å². The smallest absolute Gasteiger partial charge is 0.269 e. The largest absolute Gasteiger partial charge is 0.323 e. The average molecular weight is 308 g/mol. The average Bonchev–Trinajstić information content (AvgIpc) is 2.47. The second-order valence-corrected chi connectivity index (χ2v) is 5.70. The van der Waals surface area contributed by atoms with Crippen molar-refractivity contribution in [2.24, 2.45) is 5.84 Å². The molecule has 4 N–H and O–H groups in total. The second kappa shape index (κ2) is 5.77. The van der Waals surface area contributed by atoms with Crippen molar-refractivity contribution < 1.29 is 13.3 Å². The predicted molar refractivity (Wildman–Crippen MR) is 78.2 cm³/mol. The third-order valence-electron chi connectivity index (χ3n) is 2.66. The maximum atomic E-state index is 12.3. The summed E-state index contributed by atoms with van der Waals surface area (Å²) in [5.74, 6) is 5.28. The summed E-state index contributed by atoms with van der Waals surface area (Å²) in [4.78, 5) is 9.96. The number of sulfonamides is 1. The Morgan fingerprint density at radius 2 is 1.67 bits per heavy atom. The fourth-order valence-corrected chi connectivity index (χ4v) is 2.91. The minimum absolute atomic E-state index is 0.0224. The van der Waals surface area contributed by atoms with Gasteiger partial charge in [0.05, 0.1) is 10.6 Å². The molecule has 0 aliphatic rings. The molecule has 0 aromatic heterocycles. The number of nitrogen functional groups attached to an aromatic ring is 1. The van der Waals surface area contributed by atoms with Crippen LogP contribution in [0.4, 0.5) is 17.1 Å². The van der Waals surface area contributed by atoms with Crippen LogP contribution in [0.2, 0.25) is 0 Å². The summed E-state index contributed by atoms with van der Waals surface area (Å²) in [5.41, 5.74) is 2.64. The third kappa shape index (κ3) is 3.27. The molecule has 0 saturated heterocycles. The number of nitrogens with one attached hydrogen (secondary N) is 2. The highest BCUT2D eigenvalue weighted by atomic mass is 32.2. The van der Waals surface area contributed by atoms with Crippen LogP contribution in [0, 0.1) is 10.1 Å². The fourth-order valence-electron chi connectivity index (χ4n) is 1.68. The molecule has 0 amide bonds. The zero-order valence-electron chi connectivity index (χ0n) is 10.7. The SMILES string of the molecule is NNc1ccccc1S(=O)(=O)Nc1ccc([N+](=O)[O-])cc1. The van der Waals surface area contributed by atoms with E-state index in [2.05, 4.69) is 10.1 Å². The molecule has 110 valence electrons. The van der Waals surface area contributed by atoms with E-state index in [-0.39, 0.29) is 22.0 Å². The summed E-state index contributed by atoms with van der Waals surface area (Å²) in [6.07, 6.45) is 0. The number of nitrogens with two attached hydrogens (primary N) is 1. The molecule has 0 bridgehead atoms. The van der Waals surface area contributed by atoms with Gasteiger partial charge in [0, 0.05) is 17.8 Å². The number of anilines is 2. The molecule has 9 heteroatoms. The number of non-ortho nitro benzene ring substituents is 1. The topological polar surface area (TPSA) is 127 Å². The number of para-hydroxylation sites is 1. The molecular formula is C12H12N4O4S. The van der Waals surface area contributed by atoms with Gasteiger partial charge in [-0.15, -0.1) is 0 Å². The van der Waals surface area contributed by atoms with Crippen molar-refractivity contribution in [1.82, 2.24) is 0 Å². The van der Waals surface area contributed by atoms with Gasteiger partial charge in [-0.25, -0.2) is 8.42 Å². The number of hydrogen-bond acceptors (Lipinski definition) is 6.